The lowest BCUT2D eigenvalue weighted by Crippen LogP contribution is -2.65. The first-order valence-electron chi connectivity index (χ1n) is 10.8. The average molecular weight is 415 g/mol. The van der Waals surface area contributed by atoms with Gasteiger partial charge in [-0.3, -0.25) is 19.2 Å². The second-order valence-corrected chi connectivity index (χ2v) is 8.57. The molecule has 0 saturated carbocycles. The summed E-state index contributed by atoms with van der Waals surface area (Å²) in [5.74, 6) is 1.09. The molecule has 4 heterocycles. The highest BCUT2D eigenvalue weighted by Gasteiger charge is 2.47. The number of aliphatic hydroxyl groups excluding tert-OH is 1. The van der Waals surface area contributed by atoms with E-state index in [0.29, 0.717) is 24.4 Å². The molecular weight excluding hydrogens is 384 g/mol. The molecule has 0 radical (unpaired) electrons. The maximum atomic E-state index is 13.1. The number of aromatic nitrogens is 2. The summed E-state index contributed by atoms with van der Waals surface area (Å²) in [5, 5.41) is 22.4. The molecule has 162 valence electrons. The first-order valence-corrected chi connectivity index (χ1v) is 10.8. The number of nitrogens with zero attached hydrogens (tertiary/aromatic N) is 4. The summed E-state index contributed by atoms with van der Waals surface area (Å²) in [5.41, 5.74) is 1.01. The summed E-state index contributed by atoms with van der Waals surface area (Å²) in [6, 6.07) is 8.77. The van der Waals surface area contributed by atoms with Crippen LogP contribution in [0.3, 0.4) is 0 Å². The van der Waals surface area contributed by atoms with Gasteiger partial charge in [-0.2, -0.15) is 5.10 Å². The monoisotopic (exact) mass is 414 g/mol. The molecule has 1 amide bonds. The maximum Gasteiger partial charge on any atom is 0.290 e. The Morgan fingerprint density at radius 1 is 1.20 bits per heavy atom. The topological polar surface area (TPSA) is 98.9 Å². The van der Waals surface area contributed by atoms with Crippen molar-refractivity contribution in [1.82, 2.24) is 19.6 Å². The zero-order valence-corrected chi connectivity index (χ0v) is 17.1. The van der Waals surface area contributed by atoms with E-state index < -0.39 is 0 Å². The molecule has 5 rings (SSSR count). The van der Waals surface area contributed by atoms with Gasteiger partial charge in [0.25, 0.3) is 6.47 Å². The molecule has 4 atom stereocenters. The van der Waals surface area contributed by atoms with Crippen molar-refractivity contribution < 1.29 is 19.8 Å². The molecule has 2 bridgehead atoms. The predicted molar refractivity (Wildman–Crippen MR) is 112 cm³/mol. The third-order valence-corrected chi connectivity index (χ3v) is 7.00. The molecule has 3 aliphatic heterocycles. The molecule has 3 saturated heterocycles. The minimum Gasteiger partial charge on any atom is -0.483 e. The Hall–Kier alpha value is -2.45. The molecule has 8 nitrogen and oxygen atoms in total. The molecule has 3 aliphatic rings. The summed E-state index contributed by atoms with van der Waals surface area (Å²) in [4.78, 5) is 26.1. The zero-order chi connectivity index (χ0) is 21.1. The fraction of sp³-hybridized carbons (Fsp3) is 0.591. The third-order valence-electron chi connectivity index (χ3n) is 7.00. The summed E-state index contributed by atoms with van der Waals surface area (Å²) in [6.45, 7) is 2.98. The number of carbonyl (C=O) groups is 2. The van der Waals surface area contributed by atoms with Gasteiger partial charge < -0.3 is 15.1 Å². The Balaban J connectivity index is 0.000000687. The van der Waals surface area contributed by atoms with E-state index in [4.69, 9.17) is 9.90 Å². The largest absolute Gasteiger partial charge is 0.483 e. The van der Waals surface area contributed by atoms with Gasteiger partial charge in [-0.05, 0) is 43.7 Å². The van der Waals surface area contributed by atoms with Crippen LogP contribution in [0.5, 0.6) is 0 Å². The van der Waals surface area contributed by atoms with Crippen LogP contribution in [0.25, 0.3) is 10.9 Å². The molecule has 8 heteroatoms. The van der Waals surface area contributed by atoms with Crippen LogP contribution in [0.15, 0.2) is 30.5 Å². The Bertz CT molecular complexity index is 871. The number of fused-ring (bicyclic) bond motifs is 5. The minimum absolute atomic E-state index is 0.152. The van der Waals surface area contributed by atoms with Crippen LogP contribution in [0, 0.1) is 11.8 Å². The molecule has 0 spiro atoms. The van der Waals surface area contributed by atoms with Crippen molar-refractivity contribution in [3.63, 3.8) is 0 Å². The van der Waals surface area contributed by atoms with Crippen LogP contribution in [-0.4, -0.2) is 80.5 Å². The predicted octanol–water partition coefficient (Wildman–Crippen LogP) is 1.43. The summed E-state index contributed by atoms with van der Waals surface area (Å²) in [6.07, 6.45) is 6.70. The number of carbonyl (C=O) groups excluding carboxylic acids is 1. The molecule has 0 aliphatic carbocycles. The van der Waals surface area contributed by atoms with Crippen LogP contribution in [0.1, 0.15) is 25.7 Å². The van der Waals surface area contributed by atoms with Gasteiger partial charge in [0.15, 0.2) is 0 Å². The second-order valence-electron chi connectivity index (χ2n) is 8.57. The number of carboxylic acid groups (broad SMARTS) is 1. The first kappa shape index (κ1) is 20.8. The average Bonchev–Trinajstić information content (AvgIpc) is 3.17. The normalized spacial score (nSPS) is 28.4. The van der Waals surface area contributed by atoms with Crippen molar-refractivity contribution in [2.75, 3.05) is 26.2 Å². The second kappa shape index (κ2) is 9.14. The molecule has 1 aromatic heterocycles. The Morgan fingerprint density at radius 2 is 1.97 bits per heavy atom. The Kier molecular flexibility index (Phi) is 6.34. The summed E-state index contributed by atoms with van der Waals surface area (Å²) < 4.78 is 1.82. The van der Waals surface area contributed by atoms with Crippen molar-refractivity contribution in [1.29, 1.82) is 0 Å². The van der Waals surface area contributed by atoms with Gasteiger partial charge >= 0.3 is 0 Å². The van der Waals surface area contributed by atoms with E-state index in [-0.39, 0.29) is 25.0 Å². The number of likely N-dealkylation sites (tertiary alicyclic amines) is 1. The van der Waals surface area contributed by atoms with Crippen LogP contribution >= 0.6 is 0 Å². The summed E-state index contributed by atoms with van der Waals surface area (Å²) in [7, 11) is 0. The summed E-state index contributed by atoms with van der Waals surface area (Å²) >= 11 is 0. The number of rotatable bonds is 3. The van der Waals surface area contributed by atoms with Crippen LogP contribution < -0.4 is 0 Å². The van der Waals surface area contributed by atoms with Gasteiger partial charge in [0.2, 0.25) is 5.91 Å². The van der Waals surface area contributed by atoms with E-state index in [1.165, 1.54) is 19.3 Å². The van der Waals surface area contributed by atoms with Gasteiger partial charge in [-0.1, -0.05) is 24.6 Å². The van der Waals surface area contributed by atoms with Crippen molar-refractivity contribution in [3.05, 3.63) is 30.5 Å². The van der Waals surface area contributed by atoms with Crippen LogP contribution in [0.4, 0.5) is 0 Å². The highest BCUT2D eigenvalue weighted by molar-refractivity contribution is 5.82. The third kappa shape index (κ3) is 3.94. The smallest absolute Gasteiger partial charge is 0.290 e. The SMILES string of the molecule is O=C(Cn1ncc2ccccc21)N1C[C@H]2C[C@@H](C1)[C@H](CO)N1CCCC[C@@H]21.O=CO. The van der Waals surface area contributed by atoms with E-state index >= 15 is 0 Å². The highest BCUT2D eigenvalue weighted by atomic mass is 16.3. The van der Waals surface area contributed by atoms with Crippen LogP contribution in [-0.2, 0) is 16.1 Å². The lowest BCUT2D eigenvalue weighted by molar-refractivity contribution is -0.143. The van der Waals surface area contributed by atoms with Gasteiger partial charge in [-0.25, -0.2) is 0 Å². The molecular formula is C22H30N4O4. The maximum absolute atomic E-state index is 13.1. The number of piperidine rings is 3. The van der Waals surface area contributed by atoms with E-state index in [9.17, 15) is 9.90 Å². The van der Waals surface area contributed by atoms with E-state index in [1.54, 1.807) is 0 Å². The minimum atomic E-state index is -0.250. The van der Waals surface area contributed by atoms with Crippen LogP contribution in [0.2, 0.25) is 0 Å². The van der Waals surface area contributed by atoms with Crippen molar-refractivity contribution in [2.24, 2.45) is 11.8 Å². The molecule has 2 N–H and O–H groups in total. The van der Waals surface area contributed by atoms with Gasteiger partial charge in [0.05, 0.1) is 18.3 Å². The number of aliphatic hydroxyl groups is 1. The number of hydrogen-bond acceptors (Lipinski definition) is 5. The van der Waals surface area contributed by atoms with E-state index in [0.717, 1.165) is 37.0 Å². The quantitative estimate of drug-likeness (QED) is 0.738. The number of benzene rings is 1. The Morgan fingerprint density at radius 3 is 2.77 bits per heavy atom. The first-order chi connectivity index (χ1) is 14.7. The Labute approximate surface area is 176 Å². The highest BCUT2D eigenvalue weighted by Crippen LogP contribution is 2.41. The lowest BCUT2D eigenvalue weighted by atomic mass is 9.72. The van der Waals surface area contributed by atoms with Crippen molar-refractivity contribution in [2.45, 2.75) is 44.3 Å². The van der Waals surface area contributed by atoms with E-state index in [1.807, 2.05) is 40.0 Å². The van der Waals surface area contributed by atoms with Gasteiger partial charge in [-0.15, -0.1) is 0 Å². The molecule has 0 unspecified atom stereocenters. The standard InChI is InChI=1S/C21H28N4O2.CH2O2/c26-14-20-17-9-16(18-6-3-4-8-24(18)20)11-23(12-17)21(27)13-25-19-7-2-1-5-15(19)10-22-25;2-1-3/h1-2,5,7,10,16-18,20,26H,3-4,6,8-9,11-14H2;1H,(H,2,3)/t16-,17+,18+,20+;/m1./s1. The van der Waals surface area contributed by atoms with Crippen molar-refractivity contribution >= 4 is 23.3 Å². The molecule has 30 heavy (non-hydrogen) atoms. The van der Waals surface area contributed by atoms with E-state index in [2.05, 4.69) is 10.00 Å². The zero-order valence-electron chi connectivity index (χ0n) is 17.1. The number of para-hydroxylation sites is 1. The van der Waals surface area contributed by atoms with Gasteiger partial charge in [0, 0.05) is 30.6 Å². The number of amides is 1. The van der Waals surface area contributed by atoms with Crippen molar-refractivity contribution in [3.8, 4) is 0 Å². The molecule has 2 aromatic rings. The van der Waals surface area contributed by atoms with Gasteiger partial charge in [0.1, 0.15) is 6.54 Å². The lowest BCUT2D eigenvalue weighted by Gasteiger charge is -2.56. The molecule has 3 fully saturated rings. The fourth-order valence-electron chi connectivity index (χ4n) is 5.74. The fourth-order valence-corrected chi connectivity index (χ4v) is 5.74. The molecule has 1 aromatic carbocycles. The number of hydrogen-bond donors (Lipinski definition) is 2.